The van der Waals surface area contributed by atoms with Crippen LogP contribution in [0.4, 0.5) is 14.5 Å². The van der Waals surface area contributed by atoms with Crippen molar-refractivity contribution in [2.24, 2.45) is 5.73 Å². The van der Waals surface area contributed by atoms with Gasteiger partial charge in [0, 0.05) is 36.0 Å². The second-order valence-electron chi connectivity index (χ2n) is 7.41. The van der Waals surface area contributed by atoms with Crippen LogP contribution >= 0.6 is 0 Å². The third kappa shape index (κ3) is 6.60. The van der Waals surface area contributed by atoms with Crippen LogP contribution in [0.3, 0.4) is 0 Å². The van der Waals surface area contributed by atoms with Gasteiger partial charge in [0.2, 0.25) is 0 Å². The Morgan fingerprint density at radius 2 is 1.67 bits per heavy atom. The number of hydrogen-bond acceptors (Lipinski definition) is 4. The van der Waals surface area contributed by atoms with Gasteiger partial charge >= 0.3 is 0 Å². The maximum Gasteiger partial charge on any atom is 0.255 e. The Labute approximate surface area is 191 Å². The molecular weight excluding hydrogens is 428 g/mol. The number of nitrogens with two attached hydrogens (primary N) is 1. The van der Waals surface area contributed by atoms with Crippen LogP contribution < -0.4 is 15.8 Å². The van der Waals surface area contributed by atoms with E-state index in [1.165, 1.54) is 0 Å². The van der Waals surface area contributed by atoms with Gasteiger partial charge in [-0.15, -0.1) is 0 Å². The lowest BCUT2D eigenvalue weighted by Crippen LogP contribution is -2.32. The van der Waals surface area contributed by atoms with E-state index in [2.05, 4.69) is 5.32 Å². The van der Waals surface area contributed by atoms with E-state index in [-0.39, 0.29) is 11.5 Å². The van der Waals surface area contributed by atoms with Crippen LogP contribution in [0.2, 0.25) is 0 Å². The van der Waals surface area contributed by atoms with Crippen LogP contribution in [0.25, 0.3) is 0 Å². The van der Waals surface area contributed by atoms with Crippen LogP contribution in [-0.2, 0) is 6.54 Å². The SMILES string of the molecule is COc1ccc(C(=O)N(CCCN)Cc2cccc(NC(=O)c3cc(F)cc(F)c3)c2)cc1. The van der Waals surface area contributed by atoms with Gasteiger partial charge in [-0.3, -0.25) is 9.59 Å². The van der Waals surface area contributed by atoms with Gasteiger partial charge in [0.05, 0.1) is 7.11 Å². The van der Waals surface area contributed by atoms with E-state index in [1.807, 2.05) is 6.07 Å². The van der Waals surface area contributed by atoms with Gasteiger partial charge in [-0.25, -0.2) is 8.78 Å². The summed E-state index contributed by atoms with van der Waals surface area (Å²) in [5.74, 6) is -1.81. The molecule has 3 rings (SSSR count). The number of anilines is 1. The molecule has 0 aromatic heterocycles. The predicted molar refractivity (Wildman–Crippen MR) is 122 cm³/mol. The van der Waals surface area contributed by atoms with Crippen molar-refractivity contribution >= 4 is 17.5 Å². The van der Waals surface area contributed by atoms with Crippen molar-refractivity contribution in [3.63, 3.8) is 0 Å². The molecule has 8 heteroatoms. The van der Waals surface area contributed by atoms with Crippen LogP contribution in [0.1, 0.15) is 32.7 Å². The molecule has 3 aromatic rings. The molecule has 0 radical (unpaired) electrons. The van der Waals surface area contributed by atoms with Crippen LogP contribution in [0.5, 0.6) is 5.75 Å². The Morgan fingerprint density at radius 1 is 0.970 bits per heavy atom. The highest BCUT2D eigenvalue weighted by Gasteiger charge is 2.17. The molecule has 0 saturated carbocycles. The van der Waals surface area contributed by atoms with E-state index < -0.39 is 17.5 Å². The molecule has 6 nitrogen and oxygen atoms in total. The molecule has 172 valence electrons. The zero-order valence-electron chi connectivity index (χ0n) is 18.2. The number of rotatable bonds is 9. The topological polar surface area (TPSA) is 84.7 Å². The molecule has 3 aromatic carbocycles. The smallest absolute Gasteiger partial charge is 0.255 e. The number of hydrogen-bond donors (Lipinski definition) is 2. The molecule has 0 fully saturated rings. The first-order chi connectivity index (χ1) is 15.9. The molecule has 0 spiro atoms. The summed E-state index contributed by atoms with van der Waals surface area (Å²) in [7, 11) is 1.56. The fourth-order valence-electron chi connectivity index (χ4n) is 3.31. The summed E-state index contributed by atoms with van der Waals surface area (Å²) in [6, 6.07) is 16.4. The summed E-state index contributed by atoms with van der Waals surface area (Å²) in [6.07, 6.45) is 0.628. The van der Waals surface area contributed by atoms with Crippen LogP contribution in [0, 0.1) is 11.6 Å². The molecule has 0 aliphatic rings. The van der Waals surface area contributed by atoms with E-state index in [4.69, 9.17) is 10.5 Å². The Morgan fingerprint density at radius 3 is 2.30 bits per heavy atom. The van der Waals surface area contributed by atoms with Crippen LogP contribution in [0.15, 0.2) is 66.7 Å². The highest BCUT2D eigenvalue weighted by molar-refractivity contribution is 6.04. The van der Waals surface area contributed by atoms with Gasteiger partial charge in [-0.1, -0.05) is 12.1 Å². The van der Waals surface area contributed by atoms with E-state index in [9.17, 15) is 18.4 Å². The Balaban J connectivity index is 1.75. The standard InChI is InChI=1S/C25H25F2N3O3/c1-33-23-8-6-18(7-9-23)25(32)30(11-3-10-28)16-17-4-2-5-22(12-17)29-24(31)19-13-20(26)15-21(27)14-19/h2,4-9,12-15H,3,10-11,16,28H2,1H3,(H,29,31). The number of carbonyl (C=O) groups is 2. The molecular formula is C25H25F2N3O3. The molecule has 0 unspecified atom stereocenters. The first kappa shape index (κ1) is 23.9. The Kier molecular flexibility index (Phi) is 8.10. The average Bonchev–Trinajstić information content (AvgIpc) is 2.81. The molecule has 0 aliphatic heterocycles. The molecule has 3 N–H and O–H groups in total. The first-order valence-electron chi connectivity index (χ1n) is 10.4. The number of halogens is 2. The number of methoxy groups -OCH3 is 1. The van der Waals surface area contributed by atoms with Gasteiger partial charge in [-0.05, 0) is 67.1 Å². The lowest BCUT2D eigenvalue weighted by atomic mass is 10.1. The second-order valence-corrected chi connectivity index (χ2v) is 7.41. The molecule has 0 aliphatic carbocycles. The van der Waals surface area contributed by atoms with Gasteiger partial charge in [0.25, 0.3) is 11.8 Å². The van der Waals surface area contributed by atoms with Gasteiger partial charge in [-0.2, -0.15) is 0 Å². The molecule has 2 amide bonds. The third-order valence-corrected chi connectivity index (χ3v) is 4.94. The van der Waals surface area contributed by atoms with Gasteiger partial charge in [0.1, 0.15) is 17.4 Å². The number of nitrogens with one attached hydrogen (secondary N) is 1. The second kappa shape index (κ2) is 11.2. The summed E-state index contributed by atoms with van der Waals surface area (Å²) in [4.78, 5) is 27.2. The predicted octanol–water partition coefficient (Wildman–Crippen LogP) is 4.22. The highest BCUT2D eigenvalue weighted by Crippen LogP contribution is 2.18. The zero-order chi connectivity index (χ0) is 23.8. The molecule has 0 atom stereocenters. The minimum Gasteiger partial charge on any atom is -0.497 e. The van der Waals surface area contributed by atoms with Crippen molar-refractivity contribution in [2.45, 2.75) is 13.0 Å². The minimum atomic E-state index is -0.832. The summed E-state index contributed by atoms with van der Waals surface area (Å²) in [5.41, 5.74) is 7.26. The van der Waals surface area contributed by atoms with Crippen molar-refractivity contribution in [2.75, 3.05) is 25.5 Å². The number of ether oxygens (including phenoxy) is 1. The quantitative estimate of drug-likeness (QED) is 0.508. The summed E-state index contributed by atoms with van der Waals surface area (Å²) in [5, 5.41) is 2.63. The highest BCUT2D eigenvalue weighted by atomic mass is 19.1. The van der Waals surface area contributed by atoms with Crippen molar-refractivity contribution in [1.29, 1.82) is 0 Å². The lowest BCUT2D eigenvalue weighted by molar-refractivity contribution is 0.0742. The van der Waals surface area contributed by atoms with E-state index in [0.717, 1.165) is 17.7 Å². The minimum absolute atomic E-state index is 0.128. The molecule has 0 bridgehead atoms. The molecule has 33 heavy (non-hydrogen) atoms. The monoisotopic (exact) mass is 453 g/mol. The Bertz CT molecular complexity index is 1100. The molecule has 0 heterocycles. The Hall–Kier alpha value is -3.78. The van der Waals surface area contributed by atoms with E-state index >= 15 is 0 Å². The fraction of sp³-hybridized carbons (Fsp3) is 0.200. The van der Waals surface area contributed by atoms with Crippen molar-refractivity contribution in [3.8, 4) is 5.75 Å². The number of nitrogens with zero attached hydrogens (tertiary/aromatic N) is 1. The summed E-state index contributed by atoms with van der Waals surface area (Å²) >= 11 is 0. The van der Waals surface area contributed by atoms with Crippen molar-refractivity contribution in [1.82, 2.24) is 4.90 Å². The van der Waals surface area contributed by atoms with Crippen molar-refractivity contribution < 1.29 is 23.1 Å². The average molecular weight is 453 g/mol. The first-order valence-corrected chi connectivity index (χ1v) is 10.4. The number of carbonyl (C=O) groups excluding carboxylic acids is 2. The third-order valence-electron chi connectivity index (χ3n) is 4.94. The van der Waals surface area contributed by atoms with Gasteiger partial charge in [0.15, 0.2) is 0 Å². The summed E-state index contributed by atoms with van der Waals surface area (Å²) < 4.78 is 32.0. The number of benzene rings is 3. The van der Waals surface area contributed by atoms with E-state index in [0.29, 0.717) is 49.1 Å². The molecule has 0 saturated heterocycles. The fourth-order valence-corrected chi connectivity index (χ4v) is 3.31. The lowest BCUT2D eigenvalue weighted by Gasteiger charge is -2.23. The van der Waals surface area contributed by atoms with Crippen molar-refractivity contribution in [3.05, 3.63) is 95.1 Å². The van der Waals surface area contributed by atoms with Gasteiger partial charge < -0.3 is 20.7 Å². The van der Waals surface area contributed by atoms with E-state index in [1.54, 1.807) is 54.5 Å². The maximum atomic E-state index is 13.4. The summed E-state index contributed by atoms with van der Waals surface area (Å²) in [6.45, 7) is 1.19. The normalized spacial score (nSPS) is 10.5. The zero-order valence-corrected chi connectivity index (χ0v) is 18.2. The van der Waals surface area contributed by atoms with Crippen LogP contribution in [-0.4, -0.2) is 36.9 Å². The largest absolute Gasteiger partial charge is 0.497 e. The number of amides is 2. The maximum absolute atomic E-state index is 13.4.